The fraction of sp³-hybridized carbons (Fsp3) is 0.798. The largest absolute Gasteiger partial charge is 0.390 e. The van der Waals surface area contributed by atoms with Crippen molar-refractivity contribution in [2.75, 3.05) is 0 Å². The number of allylic oxidation sites excluding steroid dienone is 2. The molecule has 115 heavy (non-hydrogen) atoms. The number of rotatable bonds is 13. The molecular weight excluding hydrogens is 1430 g/mol. The van der Waals surface area contributed by atoms with E-state index in [-0.39, 0.29) is 45.3 Å². The normalized spacial score (nSPS) is 46.8. The zero-order chi connectivity index (χ0) is 80.5. The Morgan fingerprint density at radius 3 is 1.04 bits per heavy atom. The zero-order valence-corrected chi connectivity index (χ0v) is 72.1. The summed E-state index contributed by atoms with van der Waals surface area (Å²) in [4.78, 5) is 52.7. The lowest BCUT2D eigenvalue weighted by Crippen LogP contribution is -2.53. The minimum atomic E-state index is -0.504. The summed E-state index contributed by atoms with van der Waals surface area (Å²) in [6.45, 7) is 24.2. The Morgan fingerprint density at radius 2 is 0.704 bits per heavy atom. The van der Waals surface area contributed by atoms with Crippen molar-refractivity contribution in [3.63, 3.8) is 0 Å². The summed E-state index contributed by atoms with van der Waals surface area (Å²) < 4.78 is 7.17. The lowest BCUT2D eigenvalue weighted by atomic mass is 9.48. The standard InChI is InChI=1S/2C25H38N2O2.C25H36N2O2.C24H34N2O2/c2*1-16-13-20-17(14-25(16,3)29)5-6-19-18(20)9-10-24(2)21(19)7-8-22(24)23(28)15-27-12-4-11-26-27;1-3-25(29)12-10-18-17(15-25)5-6-20-19(18)9-11-24(2)21(20)7-8-22(24)23(28)16-27-14-4-13-26-27;1-23(28)10-8-17-16(14-23)4-5-19-18(17)9-11-24(2)20(19)6-7-21(24)22(27)15-26-13-3-12-25-26/h2*4,11-12,16-22,29H,5-10,13-15H2,1-3H3;4-5,13-14,18-22,29H,3,6-12,15-16H2,1-2H3;3-4,12-13,17-21,28H,5-11,14-15H2,1-2H3/t16-,17+,18+,19-,20+,21+,22-,24+,25+;16-,17-,18+,19-,20+,21+,22-,24+,25+;18-,19+,20+,21-,22+,24-,25+;17-,18+,19+,20-,21+,23+,24-/m1100/s1. The van der Waals surface area contributed by atoms with Gasteiger partial charge in [0.15, 0.2) is 23.1 Å². The summed E-state index contributed by atoms with van der Waals surface area (Å²) in [6.07, 6.45) is 57.4. The molecule has 20 rings (SSSR count). The van der Waals surface area contributed by atoms with Crippen LogP contribution in [0.3, 0.4) is 0 Å². The highest BCUT2D eigenvalue weighted by molar-refractivity contribution is 5.83. The van der Waals surface area contributed by atoms with Gasteiger partial charge in [-0.2, -0.15) is 20.4 Å². The lowest BCUT2D eigenvalue weighted by Gasteiger charge is -2.58. The third kappa shape index (κ3) is 15.2. The van der Waals surface area contributed by atoms with Crippen molar-refractivity contribution in [2.45, 2.75) is 330 Å². The molecule has 0 spiro atoms. The Kier molecular flexibility index (Phi) is 22.6. The van der Waals surface area contributed by atoms with Crippen LogP contribution in [0.1, 0.15) is 281 Å². The second-order valence-electron chi connectivity index (χ2n) is 44.3. The van der Waals surface area contributed by atoms with Crippen LogP contribution >= 0.6 is 0 Å². The van der Waals surface area contributed by atoms with Crippen LogP contribution in [0.15, 0.2) is 97.1 Å². The van der Waals surface area contributed by atoms with E-state index in [4.69, 9.17) is 0 Å². The van der Waals surface area contributed by atoms with E-state index in [1.165, 1.54) is 121 Å². The number of aromatic nitrogens is 8. The fourth-order valence-corrected chi connectivity index (χ4v) is 32.4. The molecule has 0 saturated heterocycles. The first-order valence-corrected chi connectivity index (χ1v) is 47.2. The highest BCUT2D eigenvalue weighted by atomic mass is 16.3. The Hall–Kier alpha value is -5.16. The van der Waals surface area contributed by atoms with Crippen LogP contribution in [0, 0.1) is 164 Å². The van der Waals surface area contributed by atoms with Crippen LogP contribution in [-0.2, 0) is 45.4 Å². The zero-order valence-electron chi connectivity index (χ0n) is 72.1. The van der Waals surface area contributed by atoms with Crippen LogP contribution in [0.5, 0.6) is 0 Å². The van der Waals surface area contributed by atoms with Gasteiger partial charge in [0.1, 0.15) is 0 Å². The number of ketones is 4. The van der Waals surface area contributed by atoms with Gasteiger partial charge in [0.2, 0.25) is 0 Å². The first-order chi connectivity index (χ1) is 54.9. The molecule has 14 fully saturated rings. The molecule has 630 valence electrons. The minimum Gasteiger partial charge on any atom is -0.390 e. The van der Waals surface area contributed by atoms with Crippen LogP contribution < -0.4 is 0 Å². The Balaban J connectivity index is 0.000000111. The van der Waals surface area contributed by atoms with E-state index in [0.717, 1.165) is 155 Å². The lowest BCUT2D eigenvalue weighted by molar-refractivity contribution is -0.137. The first kappa shape index (κ1) is 82.2. The number of hydrogen-bond acceptors (Lipinski definition) is 12. The molecule has 0 bridgehead atoms. The molecule has 16 aliphatic rings. The molecule has 4 N–H and O–H groups in total. The van der Waals surface area contributed by atoms with Gasteiger partial charge >= 0.3 is 0 Å². The molecule has 32 atom stereocenters. The van der Waals surface area contributed by atoms with Crippen molar-refractivity contribution in [2.24, 2.45) is 164 Å². The predicted octanol–water partition coefficient (Wildman–Crippen LogP) is 18.6. The number of carbonyl (C=O) groups excluding carboxylic acids is 4. The molecule has 0 aliphatic heterocycles. The number of hydrogen-bond donors (Lipinski definition) is 4. The van der Waals surface area contributed by atoms with Crippen LogP contribution in [0.2, 0.25) is 0 Å². The molecule has 0 radical (unpaired) electrons. The van der Waals surface area contributed by atoms with Gasteiger partial charge in [-0.15, -0.1) is 0 Å². The average molecular weight is 1580 g/mol. The van der Waals surface area contributed by atoms with Crippen molar-refractivity contribution < 1.29 is 39.6 Å². The van der Waals surface area contributed by atoms with Crippen LogP contribution in [0.25, 0.3) is 0 Å². The quantitative estimate of drug-likeness (QED) is 0.0919. The van der Waals surface area contributed by atoms with Crippen LogP contribution in [0.4, 0.5) is 0 Å². The Morgan fingerprint density at radius 1 is 0.374 bits per heavy atom. The van der Waals surface area contributed by atoms with E-state index in [1.807, 2.05) is 56.0 Å². The monoisotopic (exact) mass is 1580 g/mol. The highest BCUT2D eigenvalue weighted by Gasteiger charge is 2.64. The van der Waals surface area contributed by atoms with E-state index in [0.29, 0.717) is 108 Å². The fourth-order valence-electron chi connectivity index (χ4n) is 32.4. The average Bonchev–Trinajstić information content (AvgIpc) is 1.70. The van der Waals surface area contributed by atoms with E-state index < -0.39 is 22.4 Å². The van der Waals surface area contributed by atoms with Crippen molar-refractivity contribution >= 4 is 23.1 Å². The molecule has 16 nitrogen and oxygen atoms in total. The molecule has 16 aliphatic carbocycles. The third-order valence-electron chi connectivity index (χ3n) is 38.8. The molecular formula is C99H146N8O8. The van der Waals surface area contributed by atoms with Gasteiger partial charge in [0.25, 0.3) is 0 Å². The molecule has 4 aromatic heterocycles. The summed E-state index contributed by atoms with van der Waals surface area (Å²) >= 11 is 0. The van der Waals surface area contributed by atoms with Crippen LogP contribution in [-0.4, -0.2) is 105 Å². The third-order valence-corrected chi connectivity index (χ3v) is 38.8. The smallest absolute Gasteiger partial charge is 0.157 e. The number of Topliss-reactive ketones (excluding diaryl/α,β-unsaturated/α-hetero) is 4. The second-order valence-corrected chi connectivity index (χ2v) is 44.3. The van der Waals surface area contributed by atoms with Gasteiger partial charge in [-0.25, -0.2) is 0 Å². The maximum atomic E-state index is 13.2. The predicted molar refractivity (Wildman–Crippen MR) is 447 cm³/mol. The SMILES string of the molecule is CC[C@@]1(O)CC[C@H]2C(=CC[C@@H]3[C@@H]2CC[C@]2(C)[C@@H](C(=O)Cn4cccn4)CC[C@@H]32)C1.C[C@@H]1C[C@H]2[C@@H](CC[C@@H]3[C@@H]2CC[C@]2(C)[C@@H](C(=O)Cn4cccn4)CC[C@@H]32)C[C@]1(C)O.C[C@@H]1C[C@H]2[C@H](CC[C@@H]3[C@@H]2CC[C@]2(C)[C@@H](C(=O)Cn4cccn4)CC[C@@H]32)C[C@]1(C)O.C[C@@]1(O)CC[C@H]2C(=CC[C@@H]3[C@@H]2CC[C@]2(C)[C@@H](C(=O)Cn4cccn4)CC[C@@H]32)C1. The van der Waals surface area contributed by atoms with Gasteiger partial charge in [-0.05, 0) is 397 Å². The molecule has 4 heterocycles. The first-order valence-electron chi connectivity index (χ1n) is 47.2. The number of carbonyl (C=O) groups is 4. The van der Waals surface area contributed by atoms with Gasteiger partial charge in [-0.3, -0.25) is 37.9 Å². The van der Waals surface area contributed by atoms with E-state index in [1.54, 1.807) is 49.1 Å². The maximum absolute atomic E-state index is 13.2. The second kappa shape index (κ2) is 31.7. The van der Waals surface area contributed by atoms with E-state index in [9.17, 15) is 39.6 Å². The van der Waals surface area contributed by atoms with Crippen molar-refractivity contribution in [3.05, 3.63) is 97.1 Å². The Labute approximate surface area is 688 Å². The maximum Gasteiger partial charge on any atom is 0.157 e. The summed E-state index contributed by atoms with van der Waals surface area (Å²) in [7, 11) is 0. The molecule has 0 unspecified atom stereocenters. The number of fused-ring (bicyclic) bond motifs is 20. The molecule has 0 amide bonds. The number of aliphatic hydroxyl groups is 4. The summed E-state index contributed by atoms with van der Waals surface area (Å²) in [5.41, 5.74) is 1.86. The summed E-state index contributed by atoms with van der Waals surface area (Å²) in [5, 5.41) is 60.0. The topological polar surface area (TPSA) is 220 Å². The van der Waals surface area contributed by atoms with Gasteiger partial charge in [-0.1, -0.05) is 71.8 Å². The Bertz CT molecular complexity index is 4010. The molecule has 0 aromatic carbocycles. The van der Waals surface area contributed by atoms with Gasteiger partial charge in [0, 0.05) is 73.2 Å². The number of nitrogens with zero attached hydrogens (tertiary/aromatic N) is 8. The van der Waals surface area contributed by atoms with E-state index >= 15 is 0 Å². The molecule has 4 aromatic rings. The van der Waals surface area contributed by atoms with Gasteiger partial charge < -0.3 is 20.4 Å². The molecule has 16 heteroatoms. The minimum absolute atomic E-state index is 0.162. The highest BCUT2D eigenvalue weighted by Crippen LogP contribution is 2.70. The van der Waals surface area contributed by atoms with E-state index in [2.05, 4.69) is 94.9 Å². The van der Waals surface area contributed by atoms with Crippen molar-refractivity contribution in [1.82, 2.24) is 39.1 Å². The van der Waals surface area contributed by atoms with Crippen molar-refractivity contribution in [1.29, 1.82) is 0 Å². The molecule has 14 saturated carbocycles. The summed E-state index contributed by atoms with van der Waals surface area (Å²) in [5.74, 6) is 16.6. The summed E-state index contributed by atoms with van der Waals surface area (Å²) in [6, 6.07) is 7.59. The van der Waals surface area contributed by atoms with Crippen molar-refractivity contribution in [3.8, 4) is 0 Å². The van der Waals surface area contributed by atoms with Gasteiger partial charge in [0.05, 0.1) is 48.6 Å².